The maximum atomic E-state index is 10.8. The van der Waals surface area contributed by atoms with Crippen LogP contribution in [0.3, 0.4) is 0 Å². The van der Waals surface area contributed by atoms with E-state index >= 15 is 0 Å². The predicted octanol–water partition coefficient (Wildman–Crippen LogP) is 1.33. The fourth-order valence-electron chi connectivity index (χ4n) is 1.52. The smallest absolute Gasteiger partial charge is 0.335 e. The van der Waals surface area contributed by atoms with Crippen LogP contribution in [0.25, 0.3) is 0 Å². The zero-order valence-corrected chi connectivity index (χ0v) is 9.04. The lowest BCUT2D eigenvalue weighted by atomic mass is 10.2. The van der Waals surface area contributed by atoms with Crippen molar-refractivity contribution in [1.82, 2.24) is 4.98 Å². The molecular weight excluding hydrogens is 212 g/mol. The highest BCUT2D eigenvalue weighted by atomic mass is 32.2. The molecule has 0 unspecified atom stereocenters. The summed E-state index contributed by atoms with van der Waals surface area (Å²) in [6.07, 6.45) is 1.56. The van der Waals surface area contributed by atoms with Crippen molar-refractivity contribution in [1.29, 1.82) is 0 Å². The monoisotopic (exact) mass is 224 g/mol. The maximum absolute atomic E-state index is 10.8. The van der Waals surface area contributed by atoms with Crippen LogP contribution in [0.1, 0.15) is 10.4 Å². The van der Waals surface area contributed by atoms with Crippen LogP contribution < -0.4 is 4.90 Å². The summed E-state index contributed by atoms with van der Waals surface area (Å²) in [7, 11) is 0. The summed E-state index contributed by atoms with van der Waals surface area (Å²) in [5.74, 6) is 2.04. The molecule has 1 aliphatic rings. The number of thioether (sulfide) groups is 1. The van der Waals surface area contributed by atoms with Crippen molar-refractivity contribution in [2.45, 2.75) is 0 Å². The van der Waals surface area contributed by atoms with E-state index in [0.29, 0.717) is 5.56 Å². The van der Waals surface area contributed by atoms with Crippen LogP contribution in [-0.4, -0.2) is 40.7 Å². The van der Waals surface area contributed by atoms with E-state index in [0.717, 1.165) is 30.4 Å². The topological polar surface area (TPSA) is 53.4 Å². The normalized spacial score (nSPS) is 16.4. The minimum atomic E-state index is -0.898. The number of anilines is 1. The second-order valence-electron chi connectivity index (χ2n) is 3.31. The zero-order valence-electron chi connectivity index (χ0n) is 8.22. The largest absolute Gasteiger partial charge is 0.478 e. The van der Waals surface area contributed by atoms with Crippen molar-refractivity contribution < 1.29 is 9.90 Å². The second-order valence-corrected chi connectivity index (χ2v) is 4.53. The van der Waals surface area contributed by atoms with Gasteiger partial charge < -0.3 is 10.0 Å². The Labute approximate surface area is 92.3 Å². The summed E-state index contributed by atoms with van der Waals surface area (Å²) in [5, 5.41) is 8.86. The van der Waals surface area contributed by atoms with Gasteiger partial charge in [0.1, 0.15) is 5.82 Å². The molecule has 5 heteroatoms. The van der Waals surface area contributed by atoms with Gasteiger partial charge in [0.2, 0.25) is 0 Å². The van der Waals surface area contributed by atoms with Crippen molar-refractivity contribution in [3.8, 4) is 0 Å². The highest BCUT2D eigenvalue weighted by Gasteiger charge is 2.13. The summed E-state index contributed by atoms with van der Waals surface area (Å²) in [6.45, 7) is 1.89. The SMILES string of the molecule is O=C(O)c1ccnc(N2CCSCC2)c1. The molecular formula is C10H12N2O2S. The molecule has 0 aromatic carbocycles. The van der Waals surface area contributed by atoms with Gasteiger partial charge in [-0.3, -0.25) is 0 Å². The lowest BCUT2D eigenvalue weighted by Gasteiger charge is -2.27. The summed E-state index contributed by atoms with van der Waals surface area (Å²) < 4.78 is 0. The third kappa shape index (κ3) is 2.41. The van der Waals surface area contributed by atoms with E-state index in [1.54, 1.807) is 12.3 Å². The average molecular weight is 224 g/mol. The van der Waals surface area contributed by atoms with Gasteiger partial charge in [0.15, 0.2) is 0 Å². The van der Waals surface area contributed by atoms with E-state index < -0.39 is 5.97 Å². The van der Waals surface area contributed by atoms with Crippen LogP contribution in [0.4, 0.5) is 5.82 Å². The Kier molecular flexibility index (Phi) is 3.11. The number of aromatic carboxylic acids is 1. The van der Waals surface area contributed by atoms with Crippen LogP contribution in [0.15, 0.2) is 18.3 Å². The summed E-state index contributed by atoms with van der Waals surface area (Å²) in [5.41, 5.74) is 0.304. The van der Waals surface area contributed by atoms with Crippen molar-refractivity contribution in [3.63, 3.8) is 0 Å². The third-order valence-electron chi connectivity index (χ3n) is 2.33. The minimum absolute atomic E-state index is 0.304. The fourth-order valence-corrected chi connectivity index (χ4v) is 2.42. The summed E-state index contributed by atoms with van der Waals surface area (Å²) in [4.78, 5) is 17.1. The molecule has 15 heavy (non-hydrogen) atoms. The molecule has 1 aromatic rings. The molecule has 0 amide bonds. The minimum Gasteiger partial charge on any atom is -0.478 e. The number of hydrogen-bond acceptors (Lipinski definition) is 4. The predicted molar refractivity (Wildman–Crippen MR) is 60.7 cm³/mol. The highest BCUT2D eigenvalue weighted by Crippen LogP contribution is 2.17. The second kappa shape index (κ2) is 4.53. The van der Waals surface area contributed by atoms with Gasteiger partial charge in [0, 0.05) is 30.8 Å². The summed E-state index contributed by atoms with van der Waals surface area (Å²) >= 11 is 1.92. The van der Waals surface area contributed by atoms with E-state index in [1.165, 1.54) is 6.07 Å². The maximum Gasteiger partial charge on any atom is 0.335 e. The molecule has 2 heterocycles. The number of carbonyl (C=O) groups is 1. The highest BCUT2D eigenvalue weighted by molar-refractivity contribution is 7.99. The van der Waals surface area contributed by atoms with E-state index in [-0.39, 0.29) is 0 Å². The Hall–Kier alpha value is -1.23. The van der Waals surface area contributed by atoms with Gasteiger partial charge in [0.05, 0.1) is 5.56 Å². The first-order valence-corrected chi connectivity index (χ1v) is 5.95. The van der Waals surface area contributed by atoms with Gasteiger partial charge in [-0.1, -0.05) is 0 Å². The van der Waals surface area contributed by atoms with Crippen molar-refractivity contribution in [2.75, 3.05) is 29.5 Å². The molecule has 0 atom stereocenters. The van der Waals surface area contributed by atoms with Gasteiger partial charge in [0.25, 0.3) is 0 Å². The molecule has 0 aliphatic carbocycles. The van der Waals surface area contributed by atoms with Crippen LogP contribution >= 0.6 is 11.8 Å². The van der Waals surface area contributed by atoms with Crippen molar-refractivity contribution in [2.24, 2.45) is 0 Å². The average Bonchev–Trinajstić information content (AvgIpc) is 2.30. The molecule has 4 nitrogen and oxygen atoms in total. The molecule has 80 valence electrons. The molecule has 1 N–H and O–H groups in total. The van der Waals surface area contributed by atoms with Gasteiger partial charge in [-0.15, -0.1) is 0 Å². The number of hydrogen-bond donors (Lipinski definition) is 1. The number of carboxylic acids is 1. The van der Waals surface area contributed by atoms with Crippen LogP contribution in [0.5, 0.6) is 0 Å². The van der Waals surface area contributed by atoms with Gasteiger partial charge in [-0.25, -0.2) is 9.78 Å². The molecule has 0 saturated carbocycles. The van der Waals surface area contributed by atoms with Crippen LogP contribution in [-0.2, 0) is 0 Å². The van der Waals surface area contributed by atoms with Gasteiger partial charge >= 0.3 is 5.97 Å². The van der Waals surface area contributed by atoms with E-state index in [2.05, 4.69) is 9.88 Å². The molecule has 1 aromatic heterocycles. The van der Waals surface area contributed by atoms with Crippen molar-refractivity contribution >= 4 is 23.5 Å². The zero-order chi connectivity index (χ0) is 10.7. The Balaban J connectivity index is 2.19. The Bertz CT molecular complexity index is 364. The number of carboxylic acid groups (broad SMARTS) is 1. The molecule has 1 fully saturated rings. The Morgan fingerprint density at radius 1 is 1.47 bits per heavy atom. The number of nitrogens with zero attached hydrogens (tertiary/aromatic N) is 2. The number of rotatable bonds is 2. The summed E-state index contributed by atoms with van der Waals surface area (Å²) in [6, 6.07) is 3.16. The Morgan fingerprint density at radius 2 is 2.20 bits per heavy atom. The van der Waals surface area contributed by atoms with E-state index in [9.17, 15) is 4.79 Å². The molecule has 0 spiro atoms. The molecule has 2 rings (SSSR count). The van der Waals surface area contributed by atoms with Gasteiger partial charge in [-0.2, -0.15) is 11.8 Å². The van der Waals surface area contributed by atoms with E-state index in [1.807, 2.05) is 11.8 Å². The lowest BCUT2D eigenvalue weighted by molar-refractivity contribution is 0.0697. The lowest BCUT2D eigenvalue weighted by Crippen LogP contribution is -2.33. The first kappa shape index (κ1) is 10.3. The first-order valence-electron chi connectivity index (χ1n) is 4.79. The van der Waals surface area contributed by atoms with Crippen LogP contribution in [0.2, 0.25) is 0 Å². The van der Waals surface area contributed by atoms with Crippen molar-refractivity contribution in [3.05, 3.63) is 23.9 Å². The first-order chi connectivity index (χ1) is 7.27. The van der Waals surface area contributed by atoms with Gasteiger partial charge in [-0.05, 0) is 12.1 Å². The van der Waals surface area contributed by atoms with E-state index in [4.69, 9.17) is 5.11 Å². The number of pyridine rings is 1. The molecule has 0 radical (unpaired) electrons. The standard InChI is InChI=1S/C10H12N2O2S/c13-10(14)8-1-2-11-9(7-8)12-3-5-15-6-4-12/h1-2,7H,3-6H2,(H,13,14). The molecule has 0 bridgehead atoms. The fraction of sp³-hybridized carbons (Fsp3) is 0.400. The molecule has 1 saturated heterocycles. The molecule has 1 aliphatic heterocycles. The Morgan fingerprint density at radius 3 is 2.87 bits per heavy atom. The van der Waals surface area contributed by atoms with Crippen LogP contribution in [0, 0.1) is 0 Å². The quantitative estimate of drug-likeness (QED) is 0.821. The number of aromatic nitrogens is 1. The third-order valence-corrected chi connectivity index (χ3v) is 3.27.